The van der Waals surface area contributed by atoms with Crippen molar-refractivity contribution in [2.24, 2.45) is 0 Å². The Bertz CT molecular complexity index is 949. The van der Waals surface area contributed by atoms with Gasteiger partial charge in [0.15, 0.2) is 0 Å². The fourth-order valence-corrected chi connectivity index (χ4v) is 3.10. The first kappa shape index (κ1) is 18.0. The summed E-state index contributed by atoms with van der Waals surface area (Å²) in [5.41, 5.74) is 1.30. The van der Waals surface area contributed by atoms with Crippen molar-refractivity contribution in [1.82, 2.24) is 5.32 Å². The van der Waals surface area contributed by atoms with Crippen LogP contribution in [0, 0.1) is 0 Å². The van der Waals surface area contributed by atoms with Crippen LogP contribution in [0.25, 0.3) is 10.8 Å². The zero-order chi connectivity index (χ0) is 18.5. The lowest BCUT2D eigenvalue weighted by Gasteiger charge is -2.20. The molecule has 1 atom stereocenters. The lowest BCUT2D eigenvalue weighted by Crippen LogP contribution is -2.30. The Hall–Kier alpha value is -2.85. The van der Waals surface area contributed by atoms with E-state index >= 15 is 0 Å². The molecule has 0 saturated heterocycles. The topological polar surface area (TPSA) is 55.4 Å². The molecule has 0 aliphatic heterocycles. The highest BCUT2D eigenvalue weighted by Crippen LogP contribution is 2.27. The second kappa shape index (κ2) is 8.02. The van der Waals surface area contributed by atoms with Crippen LogP contribution in [-0.2, 0) is 9.53 Å². The maximum absolute atomic E-state index is 12.7. The van der Waals surface area contributed by atoms with Gasteiger partial charge in [-0.3, -0.25) is 9.59 Å². The lowest BCUT2D eigenvalue weighted by atomic mass is 9.96. The van der Waals surface area contributed by atoms with Crippen LogP contribution in [0.4, 0.5) is 0 Å². The summed E-state index contributed by atoms with van der Waals surface area (Å²) in [6.07, 6.45) is 0.0385. The summed E-state index contributed by atoms with van der Waals surface area (Å²) in [5, 5.41) is 5.44. The quantitative estimate of drug-likeness (QED) is 0.674. The molecule has 3 rings (SSSR count). The normalized spacial score (nSPS) is 11.8. The van der Waals surface area contributed by atoms with Gasteiger partial charge in [0.1, 0.15) is 0 Å². The Morgan fingerprint density at radius 3 is 2.54 bits per heavy atom. The van der Waals surface area contributed by atoms with Crippen LogP contribution >= 0.6 is 11.6 Å². The fraction of sp³-hybridized carbons (Fsp3) is 0.143. The Morgan fingerprint density at radius 2 is 1.77 bits per heavy atom. The number of esters is 1. The van der Waals surface area contributed by atoms with Crippen molar-refractivity contribution in [2.45, 2.75) is 12.5 Å². The van der Waals surface area contributed by atoms with Gasteiger partial charge in [-0.2, -0.15) is 0 Å². The summed E-state index contributed by atoms with van der Waals surface area (Å²) in [6.45, 7) is 0. The second-order valence-electron chi connectivity index (χ2n) is 5.89. The van der Waals surface area contributed by atoms with Gasteiger partial charge in [0, 0.05) is 10.6 Å². The molecule has 0 aliphatic rings. The maximum Gasteiger partial charge on any atom is 0.307 e. The van der Waals surface area contributed by atoms with E-state index in [1.54, 1.807) is 24.3 Å². The smallest absolute Gasteiger partial charge is 0.307 e. The molecule has 0 spiro atoms. The third-order valence-electron chi connectivity index (χ3n) is 4.19. The SMILES string of the molecule is COC(=O)CC(NC(=O)c1cccc(Cl)c1)c1cccc2ccccc12. The first-order valence-electron chi connectivity index (χ1n) is 8.19. The molecule has 3 aromatic rings. The highest BCUT2D eigenvalue weighted by atomic mass is 35.5. The van der Waals surface area contributed by atoms with Crippen molar-refractivity contribution in [3.63, 3.8) is 0 Å². The van der Waals surface area contributed by atoms with Gasteiger partial charge >= 0.3 is 5.97 Å². The summed E-state index contributed by atoms with van der Waals surface area (Å²) in [4.78, 5) is 24.6. The van der Waals surface area contributed by atoms with E-state index in [2.05, 4.69) is 5.32 Å². The molecule has 0 aliphatic carbocycles. The van der Waals surface area contributed by atoms with Crippen LogP contribution < -0.4 is 5.32 Å². The summed E-state index contributed by atoms with van der Waals surface area (Å²) in [6, 6.07) is 19.8. The minimum Gasteiger partial charge on any atom is -0.469 e. The first-order chi connectivity index (χ1) is 12.6. The highest BCUT2D eigenvalue weighted by Gasteiger charge is 2.21. The number of amides is 1. The van der Waals surface area contributed by atoms with Gasteiger partial charge in [-0.15, -0.1) is 0 Å². The molecule has 26 heavy (non-hydrogen) atoms. The fourth-order valence-electron chi connectivity index (χ4n) is 2.91. The largest absolute Gasteiger partial charge is 0.469 e. The number of methoxy groups -OCH3 is 1. The van der Waals surface area contributed by atoms with Gasteiger partial charge in [-0.25, -0.2) is 0 Å². The number of nitrogens with one attached hydrogen (secondary N) is 1. The minimum absolute atomic E-state index is 0.0385. The molecule has 0 bridgehead atoms. The van der Waals surface area contributed by atoms with Crippen molar-refractivity contribution < 1.29 is 14.3 Å². The summed E-state index contributed by atoms with van der Waals surface area (Å²) < 4.78 is 4.81. The molecule has 0 heterocycles. The first-order valence-corrected chi connectivity index (χ1v) is 8.57. The molecule has 0 fully saturated rings. The van der Waals surface area contributed by atoms with E-state index in [0.29, 0.717) is 10.6 Å². The van der Waals surface area contributed by atoms with Crippen molar-refractivity contribution in [1.29, 1.82) is 0 Å². The van der Waals surface area contributed by atoms with Gasteiger partial charge < -0.3 is 10.1 Å². The molecule has 0 saturated carbocycles. The monoisotopic (exact) mass is 367 g/mol. The molecule has 0 aromatic heterocycles. The number of carbonyl (C=O) groups excluding carboxylic acids is 2. The molecule has 1 unspecified atom stereocenters. The number of hydrogen-bond acceptors (Lipinski definition) is 3. The number of rotatable bonds is 5. The van der Waals surface area contributed by atoms with E-state index < -0.39 is 12.0 Å². The van der Waals surface area contributed by atoms with E-state index in [0.717, 1.165) is 16.3 Å². The Labute approximate surface area is 156 Å². The van der Waals surface area contributed by atoms with Crippen LogP contribution in [0.2, 0.25) is 5.02 Å². The third kappa shape index (κ3) is 4.03. The number of halogens is 1. The van der Waals surface area contributed by atoms with Gasteiger partial charge in [-0.1, -0.05) is 60.1 Å². The van der Waals surface area contributed by atoms with Gasteiger partial charge in [0.2, 0.25) is 0 Å². The number of fused-ring (bicyclic) bond motifs is 1. The van der Waals surface area contributed by atoms with Crippen LogP contribution in [0.1, 0.15) is 28.4 Å². The molecule has 1 N–H and O–H groups in total. The van der Waals surface area contributed by atoms with E-state index in [1.165, 1.54) is 7.11 Å². The molecular formula is C21H18ClNO3. The lowest BCUT2D eigenvalue weighted by molar-refractivity contribution is -0.141. The number of carbonyl (C=O) groups is 2. The zero-order valence-corrected chi connectivity index (χ0v) is 15.0. The summed E-state index contributed by atoms with van der Waals surface area (Å²) in [5.74, 6) is -0.691. The van der Waals surface area contributed by atoms with E-state index in [4.69, 9.17) is 16.3 Å². The molecule has 132 valence electrons. The Kier molecular flexibility index (Phi) is 5.54. The Balaban J connectivity index is 1.97. The zero-order valence-electron chi connectivity index (χ0n) is 14.2. The molecule has 3 aromatic carbocycles. The average Bonchev–Trinajstić information content (AvgIpc) is 2.66. The third-order valence-corrected chi connectivity index (χ3v) is 4.42. The predicted molar refractivity (Wildman–Crippen MR) is 102 cm³/mol. The number of hydrogen-bond donors (Lipinski definition) is 1. The second-order valence-corrected chi connectivity index (χ2v) is 6.32. The Morgan fingerprint density at radius 1 is 1.04 bits per heavy atom. The number of benzene rings is 3. The van der Waals surface area contributed by atoms with Crippen molar-refractivity contribution in [2.75, 3.05) is 7.11 Å². The van der Waals surface area contributed by atoms with Crippen LogP contribution in [0.5, 0.6) is 0 Å². The minimum atomic E-state index is -0.514. The van der Waals surface area contributed by atoms with Crippen molar-refractivity contribution in [3.8, 4) is 0 Å². The van der Waals surface area contributed by atoms with Crippen LogP contribution in [0.15, 0.2) is 66.7 Å². The van der Waals surface area contributed by atoms with E-state index in [1.807, 2.05) is 42.5 Å². The molecule has 0 radical (unpaired) electrons. The molecular weight excluding hydrogens is 350 g/mol. The summed E-state index contributed by atoms with van der Waals surface area (Å²) in [7, 11) is 1.33. The molecule has 4 nitrogen and oxygen atoms in total. The van der Waals surface area contributed by atoms with Crippen LogP contribution in [-0.4, -0.2) is 19.0 Å². The van der Waals surface area contributed by atoms with Crippen LogP contribution in [0.3, 0.4) is 0 Å². The summed E-state index contributed by atoms with van der Waals surface area (Å²) >= 11 is 5.97. The van der Waals surface area contributed by atoms with Gasteiger partial charge in [0.05, 0.1) is 19.6 Å². The van der Waals surface area contributed by atoms with Crippen molar-refractivity contribution >= 4 is 34.2 Å². The van der Waals surface area contributed by atoms with E-state index in [-0.39, 0.29) is 12.3 Å². The van der Waals surface area contributed by atoms with E-state index in [9.17, 15) is 9.59 Å². The van der Waals surface area contributed by atoms with Gasteiger partial charge in [-0.05, 0) is 34.5 Å². The molecule has 5 heteroatoms. The van der Waals surface area contributed by atoms with Crippen molar-refractivity contribution in [3.05, 3.63) is 82.9 Å². The number of ether oxygens (including phenoxy) is 1. The maximum atomic E-state index is 12.7. The van der Waals surface area contributed by atoms with Gasteiger partial charge in [0.25, 0.3) is 5.91 Å². The average molecular weight is 368 g/mol. The highest BCUT2D eigenvalue weighted by molar-refractivity contribution is 6.30. The predicted octanol–water partition coefficient (Wildman–Crippen LogP) is 4.53. The standard InChI is InChI=1S/C21H18ClNO3/c1-26-20(24)13-19(23-21(25)15-8-4-9-16(22)12-15)18-11-5-7-14-6-2-3-10-17(14)18/h2-12,19H,13H2,1H3,(H,23,25). The molecule has 1 amide bonds.